The third-order valence-electron chi connectivity index (χ3n) is 5.27. The van der Waals surface area contributed by atoms with Crippen molar-refractivity contribution in [3.63, 3.8) is 0 Å². The van der Waals surface area contributed by atoms with Crippen LogP contribution in [-0.2, 0) is 32.1 Å². The lowest BCUT2D eigenvalue weighted by Crippen LogP contribution is -2.27. The minimum absolute atomic E-state index is 0.173. The molecule has 7 nitrogen and oxygen atoms in total. The minimum Gasteiger partial charge on any atom is -0.457 e. The Bertz CT molecular complexity index is 1050. The van der Waals surface area contributed by atoms with Crippen molar-refractivity contribution >= 4 is 23.3 Å². The van der Waals surface area contributed by atoms with Gasteiger partial charge in [-0.15, -0.1) is 0 Å². The number of oxime groups is 1. The first-order valence-electron chi connectivity index (χ1n) is 10.4. The predicted molar refractivity (Wildman–Crippen MR) is 119 cm³/mol. The fraction of sp³-hybridized carbons (Fsp3) is 0.375. The maximum atomic E-state index is 12.7. The van der Waals surface area contributed by atoms with Gasteiger partial charge in [0.15, 0.2) is 5.71 Å². The molecular formula is C24H27N3O4. The fourth-order valence-electron chi connectivity index (χ4n) is 4.00. The molecule has 0 spiro atoms. The molecule has 0 saturated carbocycles. The van der Waals surface area contributed by atoms with Gasteiger partial charge in [0, 0.05) is 18.7 Å². The van der Waals surface area contributed by atoms with Gasteiger partial charge in [-0.05, 0) is 62.6 Å². The van der Waals surface area contributed by atoms with Crippen LogP contribution in [-0.4, -0.2) is 48.3 Å². The standard InChI is InChI=1S/C24H27N3O4/c1-24(2,3)31-20(28)14-30-26-22-18-12-17(15-8-6-5-7-9-15)16-10-11-27(4)13-19(16)21(18)25-23(22)29/h5-9,12H,10-11,13-14H2,1-4H3,(H,25,26,29). The van der Waals surface area contributed by atoms with Crippen LogP contribution in [0.4, 0.5) is 5.69 Å². The van der Waals surface area contributed by atoms with Crippen molar-refractivity contribution in [2.75, 3.05) is 25.5 Å². The normalized spacial score (nSPS) is 17.2. The van der Waals surface area contributed by atoms with Gasteiger partial charge in [-0.3, -0.25) is 4.79 Å². The zero-order chi connectivity index (χ0) is 22.2. The van der Waals surface area contributed by atoms with Crippen molar-refractivity contribution in [1.29, 1.82) is 0 Å². The zero-order valence-electron chi connectivity index (χ0n) is 18.3. The van der Waals surface area contributed by atoms with Crippen LogP contribution in [0, 0.1) is 0 Å². The number of anilines is 1. The average Bonchev–Trinajstić information content (AvgIpc) is 3.02. The maximum Gasteiger partial charge on any atom is 0.347 e. The number of carbonyl (C=O) groups excluding carboxylic acids is 2. The predicted octanol–water partition coefficient (Wildman–Crippen LogP) is 3.36. The fourth-order valence-corrected chi connectivity index (χ4v) is 4.00. The molecule has 0 fully saturated rings. The van der Waals surface area contributed by atoms with Gasteiger partial charge >= 0.3 is 5.97 Å². The molecule has 1 N–H and O–H groups in total. The molecule has 2 heterocycles. The Morgan fingerprint density at radius 3 is 2.61 bits per heavy atom. The molecule has 0 atom stereocenters. The number of hydrogen-bond acceptors (Lipinski definition) is 6. The quantitative estimate of drug-likeness (QED) is 0.605. The molecule has 2 aliphatic rings. The average molecular weight is 421 g/mol. The highest BCUT2D eigenvalue weighted by atomic mass is 16.7. The van der Waals surface area contributed by atoms with Gasteiger partial charge in [-0.2, -0.15) is 0 Å². The lowest BCUT2D eigenvalue weighted by Gasteiger charge is -2.29. The Morgan fingerprint density at radius 2 is 1.90 bits per heavy atom. The van der Waals surface area contributed by atoms with E-state index in [0.717, 1.165) is 41.9 Å². The van der Waals surface area contributed by atoms with Gasteiger partial charge in [0.1, 0.15) is 5.60 Å². The zero-order valence-corrected chi connectivity index (χ0v) is 18.3. The summed E-state index contributed by atoms with van der Waals surface area (Å²) in [7, 11) is 2.07. The third-order valence-corrected chi connectivity index (χ3v) is 5.27. The topological polar surface area (TPSA) is 80.2 Å². The second kappa shape index (κ2) is 8.15. The monoisotopic (exact) mass is 421 g/mol. The van der Waals surface area contributed by atoms with Crippen LogP contribution in [0.1, 0.15) is 37.5 Å². The molecule has 4 rings (SSSR count). The van der Waals surface area contributed by atoms with E-state index in [2.05, 4.69) is 34.6 Å². The summed E-state index contributed by atoms with van der Waals surface area (Å²) in [5.74, 6) is -0.868. The number of nitrogens with zero attached hydrogens (tertiary/aromatic N) is 2. The summed E-state index contributed by atoms with van der Waals surface area (Å²) in [5.41, 5.74) is 5.59. The summed E-state index contributed by atoms with van der Waals surface area (Å²) in [6, 6.07) is 12.1. The molecule has 2 aromatic rings. The highest BCUT2D eigenvalue weighted by Crippen LogP contribution is 2.40. The molecule has 2 aromatic carbocycles. The molecule has 31 heavy (non-hydrogen) atoms. The van der Waals surface area contributed by atoms with Crippen LogP contribution in [0.3, 0.4) is 0 Å². The van der Waals surface area contributed by atoms with E-state index < -0.39 is 11.6 Å². The van der Waals surface area contributed by atoms with E-state index in [1.807, 2.05) is 24.3 Å². The van der Waals surface area contributed by atoms with Gasteiger partial charge in [-0.1, -0.05) is 35.5 Å². The molecule has 0 saturated heterocycles. The first-order valence-corrected chi connectivity index (χ1v) is 10.4. The van der Waals surface area contributed by atoms with Crippen molar-refractivity contribution < 1.29 is 19.2 Å². The number of nitrogens with one attached hydrogen (secondary N) is 1. The van der Waals surface area contributed by atoms with Crippen molar-refractivity contribution in [2.45, 2.75) is 39.3 Å². The minimum atomic E-state index is -0.611. The van der Waals surface area contributed by atoms with Crippen molar-refractivity contribution in [3.8, 4) is 11.1 Å². The number of amides is 1. The Labute approximate surface area is 182 Å². The van der Waals surface area contributed by atoms with E-state index in [-0.39, 0.29) is 18.2 Å². The number of likely N-dealkylation sites (N-methyl/N-ethyl adjacent to an activating group) is 1. The number of hydrogen-bond donors (Lipinski definition) is 1. The number of benzene rings is 2. The molecule has 1 amide bonds. The Kier molecular flexibility index (Phi) is 5.54. The highest BCUT2D eigenvalue weighted by molar-refractivity contribution is 6.54. The summed E-state index contributed by atoms with van der Waals surface area (Å²) in [4.78, 5) is 32.0. The van der Waals surface area contributed by atoms with E-state index in [9.17, 15) is 9.59 Å². The van der Waals surface area contributed by atoms with Crippen LogP contribution < -0.4 is 5.32 Å². The summed E-state index contributed by atoms with van der Waals surface area (Å²) < 4.78 is 5.22. The van der Waals surface area contributed by atoms with Gasteiger partial charge in [-0.25, -0.2) is 4.79 Å². The van der Waals surface area contributed by atoms with Crippen molar-refractivity contribution in [3.05, 3.63) is 53.1 Å². The first kappa shape index (κ1) is 21.1. The molecule has 0 radical (unpaired) electrons. The molecular weight excluding hydrogens is 394 g/mol. The van der Waals surface area contributed by atoms with Crippen LogP contribution in [0.2, 0.25) is 0 Å². The lowest BCUT2D eigenvalue weighted by atomic mass is 9.87. The molecule has 162 valence electrons. The Hall–Kier alpha value is -3.19. The van der Waals surface area contributed by atoms with E-state index in [1.54, 1.807) is 20.8 Å². The van der Waals surface area contributed by atoms with Gasteiger partial charge in [0.2, 0.25) is 6.61 Å². The summed E-state index contributed by atoms with van der Waals surface area (Å²) in [6.07, 6.45) is 0.904. The molecule has 2 aliphatic heterocycles. The SMILES string of the molecule is CN1CCc2c(-c3ccccc3)cc3c(c2C1)NC(=O)C3=NOCC(=O)OC(C)(C)C. The van der Waals surface area contributed by atoms with Crippen molar-refractivity contribution in [1.82, 2.24) is 4.90 Å². The number of carbonyl (C=O) groups is 2. The number of esters is 1. The number of fused-ring (bicyclic) bond motifs is 3. The van der Waals surface area contributed by atoms with E-state index in [1.165, 1.54) is 5.56 Å². The molecule has 0 aromatic heterocycles. The molecule has 7 heteroatoms. The maximum absolute atomic E-state index is 12.7. The number of rotatable bonds is 4. The largest absolute Gasteiger partial charge is 0.457 e. The van der Waals surface area contributed by atoms with E-state index >= 15 is 0 Å². The van der Waals surface area contributed by atoms with Crippen LogP contribution >= 0.6 is 0 Å². The van der Waals surface area contributed by atoms with E-state index in [0.29, 0.717) is 5.56 Å². The van der Waals surface area contributed by atoms with Gasteiger partial charge in [0.05, 0.1) is 5.69 Å². The highest BCUT2D eigenvalue weighted by Gasteiger charge is 2.33. The smallest absolute Gasteiger partial charge is 0.347 e. The van der Waals surface area contributed by atoms with Gasteiger partial charge < -0.3 is 19.8 Å². The van der Waals surface area contributed by atoms with Crippen LogP contribution in [0.25, 0.3) is 11.1 Å². The van der Waals surface area contributed by atoms with Gasteiger partial charge in [0.25, 0.3) is 5.91 Å². The summed E-state index contributed by atoms with van der Waals surface area (Å²) in [6.45, 7) is 6.68. The Balaban J connectivity index is 1.70. The third kappa shape index (κ3) is 4.46. The second-order valence-electron chi connectivity index (χ2n) is 8.91. The van der Waals surface area contributed by atoms with Crippen molar-refractivity contribution in [2.24, 2.45) is 5.16 Å². The van der Waals surface area contributed by atoms with Crippen LogP contribution in [0.15, 0.2) is 41.6 Å². The lowest BCUT2D eigenvalue weighted by molar-refractivity contribution is -0.160. The number of ether oxygens (including phenoxy) is 1. The second-order valence-corrected chi connectivity index (χ2v) is 8.91. The molecule has 0 unspecified atom stereocenters. The Morgan fingerprint density at radius 1 is 1.16 bits per heavy atom. The summed E-state index contributed by atoms with van der Waals surface area (Å²) in [5, 5.41) is 6.97. The van der Waals surface area contributed by atoms with E-state index in [4.69, 9.17) is 9.57 Å². The first-order chi connectivity index (χ1) is 14.7. The van der Waals surface area contributed by atoms with Crippen LogP contribution in [0.5, 0.6) is 0 Å². The summed E-state index contributed by atoms with van der Waals surface area (Å²) >= 11 is 0. The molecule has 0 bridgehead atoms. The molecule has 0 aliphatic carbocycles.